The largest absolute Gasteiger partial charge is 0.394 e. The average Bonchev–Trinajstić information content (AvgIpc) is 1.98. The number of hydrogen-bond donors (Lipinski definition) is 4. The topological polar surface area (TPSA) is 80.9 Å². The highest BCUT2D eigenvalue weighted by Gasteiger charge is 2.27. The third kappa shape index (κ3) is 5.21. The average molecular weight is 192 g/mol. The van der Waals surface area contributed by atoms with Gasteiger partial charge < -0.3 is 20.4 Å². The summed E-state index contributed by atoms with van der Waals surface area (Å²) < 4.78 is 0. The van der Waals surface area contributed by atoms with E-state index in [9.17, 15) is 10.2 Å². The molecule has 0 aromatic heterocycles. The Hall–Kier alpha value is -0.160. The van der Waals surface area contributed by atoms with Crippen molar-refractivity contribution in [3.8, 4) is 0 Å². The molecule has 0 aromatic carbocycles. The molecule has 0 aliphatic rings. The lowest BCUT2D eigenvalue weighted by molar-refractivity contribution is -0.0860. The number of aliphatic hydroxyl groups excluding tert-OH is 4. The monoisotopic (exact) mass is 192 g/mol. The minimum atomic E-state index is -1.27. The second-order valence-electron chi connectivity index (χ2n) is 4.57. The molecule has 0 unspecified atom stereocenters. The summed E-state index contributed by atoms with van der Waals surface area (Å²) in [7, 11) is 0. The predicted octanol–water partition coefficient (Wildman–Crippen LogP) is -0.502. The van der Waals surface area contributed by atoms with E-state index < -0.39 is 24.9 Å². The second kappa shape index (κ2) is 4.91. The van der Waals surface area contributed by atoms with E-state index in [1.54, 1.807) is 0 Å². The van der Waals surface area contributed by atoms with E-state index in [0.717, 1.165) is 0 Å². The Bertz CT molecular complexity index is 141. The van der Waals surface area contributed by atoms with Crippen LogP contribution in [0.25, 0.3) is 0 Å². The van der Waals surface area contributed by atoms with E-state index in [1.807, 2.05) is 20.8 Å². The zero-order valence-corrected chi connectivity index (χ0v) is 8.44. The van der Waals surface area contributed by atoms with Crippen LogP contribution < -0.4 is 0 Å². The molecule has 13 heavy (non-hydrogen) atoms. The molecular formula is C9H20O4. The lowest BCUT2D eigenvalue weighted by Gasteiger charge is -2.27. The van der Waals surface area contributed by atoms with Crippen molar-refractivity contribution < 1.29 is 20.4 Å². The molecule has 0 spiro atoms. The standard InChI is InChI=1S/C9H20O4/c1-9(2,3)4-6(11)8(13)7(12)5-10/h6-8,10-13H,4-5H2,1-3H3/t6-,7+,8-/m0/s1. The number of rotatable bonds is 4. The maximum atomic E-state index is 9.43. The van der Waals surface area contributed by atoms with Gasteiger partial charge in [-0.05, 0) is 11.8 Å². The Kier molecular flexibility index (Phi) is 4.85. The molecule has 4 heteroatoms. The molecule has 0 radical (unpaired) electrons. The molecule has 0 aromatic rings. The first kappa shape index (κ1) is 12.8. The molecule has 0 heterocycles. The van der Waals surface area contributed by atoms with E-state index in [1.165, 1.54) is 0 Å². The molecule has 0 saturated heterocycles. The van der Waals surface area contributed by atoms with Crippen molar-refractivity contribution in [2.45, 2.75) is 45.5 Å². The maximum Gasteiger partial charge on any atom is 0.108 e. The smallest absolute Gasteiger partial charge is 0.108 e. The summed E-state index contributed by atoms with van der Waals surface area (Å²) >= 11 is 0. The predicted molar refractivity (Wildman–Crippen MR) is 49.2 cm³/mol. The fourth-order valence-electron chi connectivity index (χ4n) is 1.11. The summed E-state index contributed by atoms with van der Waals surface area (Å²) in [5, 5.41) is 36.3. The van der Waals surface area contributed by atoms with E-state index in [4.69, 9.17) is 10.2 Å². The van der Waals surface area contributed by atoms with Gasteiger partial charge in [0.05, 0.1) is 12.7 Å². The quantitative estimate of drug-likeness (QED) is 0.484. The van der Waals surface area contributed by atoms with Crippen LogP contribution in [-0.2, 0) is 0 Å². The van der Waals surface area contributed by atoms with Crippen LogP contribution in [0.2, 0.25) is 0 Å². The Morgan fingerprint density at radius 3 is 1.77 bits per heavy atom. The van der Waals surface area contributed by atoms with Gasteiger partial charge in [0.2, 0.25) is 0 Å². The van der Waals surface area contributed by atoms with Crippen molar-refractivity contribution in [1.29, 1.82) is 0 Å². The molecule has 0 bridgehead atoms. The minimum absolute atomic E-state index is 0.116. The Balaban J connectivity index is 4.03. The van der Waals surface area contributed by atoms with Gasteiger partial charge in [0, 0.05) is 0 Å². The lowest BCUT2D eigenvalue weighted by atomic mass is 9.86. The summed E-state index contributed by atoms with van der Waals surface area (Å²) in [6.45, 7) is 5.24. The molecule has 3 atom stereocenters. The Labute approximate surface area is 78.8 Å². The van der Waals surface area contributed by atoms with Crippen molar-refractivity contribution in [2.24, 2.45) is 5.41 Å². The SMILES string of the molecule is CC(C)(C)C[C@H](O)[C@H](O)[C@H](O)CO. The van der Waals surface area contributed by atoms with Crippen LogP contribution in [0.5, 0.6) is 0 Å². The van der Waals surface area contributed by atoms with Crippen LogP contribution in [-0.4, -0.2) is 45.3 Å². The van der Waals surface area contributed by atoms with Crippen LogP contribution >= 0.6 is 0 Å². The third-order valence-corrected chi connectivity index (χ3v) is 1.80. The molecule has 0 saturated carbocycles. The van der Waals surface area contributed by atoms with Gasteiger partial charge in [0.25, 0.3) is 0 Å². The van der Waals surface area contributed by atoms with Gasteiger partial charge in [-0.1, -0.05) is 20.8 Å². The first-order valence-corrected chi connectivity index (χ1v) is 4.43. The van der Waals surface area contributed by atoms with Gasteiger partial charge in [0.15, 0.2) is 0 Å². The van der Waals surface area contributed by atoms with Crippen molar-refractivity contribution in [1.82, 2.24) is 0 Å². The number of hydrogen-bond acceptors (Lipinski definition) is 4. The van der Waals surface area contributed by atoms with E-state index >= 15 is 0 Å². The highest BCUT2D eigenvalue weighted by Crippen LogP contribution is 2.22. The molecule has 4 N–H and O–H groups in total. The van der Waals surface area contributed by atoms with E-state index in [-0.39, 0.29) is 5.41 Å². The highest BCUT2D eigenvalue weighted by molar-refractivity contribution is 4.78. The van der Waals surface area contributed by atoms with Gasteiger partial charge in [-0.3, -0.25) is 0 Å². The zero-order valence-electron chi connectivity index (χ0n) is 8.44. The van der Waals surface area contributed by atoms with Gasteiger partial charge >= 0.3 is 0 Å². The Morgan fingerprint density at radius 1 is 1.00 bits per heavy atom. The van der Waals surface area contributed by atoms with Crippen LogP contribution in [0.4, 0.5) is 0 Å². The van der Waals surface area contributed by atoms with Gasteiger partial charge in [-0.15, -0.1) is 0 Å². The van der Waals surface area contributed by atoms with Gasteiger partial charge in [0.1, 0.15) is 12.2 Å². The number of aliphatic hydroxyl groups is 4. The normalized spacial score (nSPS) is 19.6. The van der Waals surface area contributed by atoms with Crippen molar-refractivity contribution in [2.75, 3.05) is 6.61 Å². The summed E-state index contributed by atoms with van der Waals surface area (Å²) in [5.41, 5.74) is -0.116. The minimum Gasteiger partial charge on any atom is -0.394 e. The maximum absolute atomic E-state index is 9.43. The molecule has 4 nitrogen and oxygen atoms in total. The second-order valence-corrected chi connectivity index (χ2v) is 4.57. The van der Waals surface area contributed by atoms with E-state index in [2.05, 4.69) is 0 Å². The van der Waals surface area contributed by atoms with Crippen molar-refractivity contribution in [3.63, 3.8) is 0 Å². The summed E-state index contributed by atoms with van der Waals surface area (Å²) in [5.74, 6) is 0. The molecule has 0 rings (SSSR count). The third-order valence-electron chi connectivity index (χ3n) is 1.80. The fourth-order valence-corrected chi connectivity index (χ4v) is 1.11. The Morgan fingerprint density at radius 2 is 1.46 bits per heavy atom. The summed E-state index contributed by atoms with van der Waals surface area (Å²) in [6.07, 6.45) is -3.16. The summed E-state index contributed by atoms with van der Waals surface area (Å²) in [6, 6.07) is 0. The molecule has 0 aliphatic carbocycles. The van der Waals surface area contributed by atoms with Crippen molar-refractivity contribution >= 4 is 0 Å². The molecule has 80 valence electrons. The van der Waals surface area contributed by atoms with E-state index in [0.29, 0.717) is 6.42 Å². The fraction of sp³-hybridized carbons (Fsp3) is 1.00. The van der Waals surface area contributed by atoms with Crippen LogP contribution in [0.1, 0.15) is 27.2 Å². The molecule has 0 fully saturated rings. The lowest BCUT2D eigenvalue weighted by Crippen LogP contribution is -2.41. The zero-order chi connectivity index (χ0) is 10.6. The van der Waals surface area contributed by atoms with Crippen molar-refractivity contribution in [3.05, 3.63) is 0 Å². The molecule has 0 aliphatic heterocycles. The van der Waals surface area contributed by atoms with Gasteiger partial charge in [-0.2, -0.15) is 0 Å². The highest BCUT2D eigenvalue weighted by atomic mass is 16.4. The molecule has 0 amide bonds. The first-order chi connectivity index (χ1) is 5.78. The van der Waals surface area contributed by atoms with Crippen LogP contribution in [0.3, 0.4) is 0 Å². The first-order valence-electron chi connectivity index (χ1n) is 4.43. The van der Waals surface area contributed by atoms with Crippen LogP contribution in [0.15, 0.2) is 0 Å². The van der Waals surface area contributed by atoms with Crippen LogP contribution in [0, 0.1) is 5.41 Å². The van der Waals surface area contributed by atoms with Gasteiger partial charge in [-0.25, -0.2) is 0 Å². The molecular weight excluding hydrogens is 172 g/mol. The summed E-state index contributed by atoms with van der Waals surface area (Å²) in [4.78, 5) is 0.